The van der Waals surface area contributed by atoms with Crippen LogP contribution < -0.4 is 5.73 Å². The van der Waals surface area contributed by atoms with Gasteiger partial charge >= 0.3 is 0 Å². The lowest BCUT2D eigenvalue weighted by molar-refractivity contribution is -0.0684. The van der Waals surface area contributed by atoms with Gasteiger partial charge in [-0.25, -0.2) is 0 Å². The van der Waals surface area contributed by atoms with E-state index in [2.05, 4.69) is 18.9 Å². The molecule has 4 nitrogen and oxygen atoms in total. The third-order valence-electron chi connectivity index (χ3n) is 4.15. The summed E-state index contributed by atoms with van der Waals surface area (Å²) in [6.07, 6.45) is 5.11. The van der Waals surface area contributed by atoms with Gasteiger partial charge in [-0.15, -0.1) is 0 Å². The Kier molecular flexibility index (Phi) is 4.43. The van der Waals surface area contributed by atoms with E-state index in [-0.39, 0.29) is 5.54 Å². The molecule has 0 spiro atoms. The molecule has 102 valence electrons. The van der Waals surface area contributed by atoms with Crippen LogP contribution in [0.5, 0.6) is 0 Å². The van der Waals surface area contributed by atoms with Crippen LogP contribution in [0.1, 0.15) is 31.9 Å². The predicted octanol–water partition coefficient (Wildman–Crippen LogP) is 2.00. The van der Waals surface area contributed by atoms with Crippen molar-refractivity contribution < 1.29 is 9.15 Å². The van der Waals surface area contributed by atoms with E-state index >= 15 is 0 Å². The van der Waals surface area contributed by atoms with Crippen molar-refractivity contribution in [3.05, 3.63) is 24.2 Å². The fraction of sp³-hybridized carbons (Fsp3) is 0.714. The molecular formula is C14H24N2O2. The first-order valence-electron chi connectivity index (χ1n) is 6.75. The molecule has 1 fully saturated rings. The lowest BCUT2D eigenvalue weighted by atomic mass is 9.84. The second kappa shape index (κ2) is 5.87. The summed E-state index contributed by atoms with van der Waals surface area (Å²) in [5.41, 5.74) is 6.10. The largest absolute Gasteiger partial charge is 0.468 e. The predicted molar refractivity (Wildman–Crippen MR) is 71.2 cm³/mol. The van der Waals surface area contributed by atoms with Crippen LogP contribution in [0.4, 0.5) is 0 Å². The van der Waals surface area contributed by atoms with Crippen LogP contribution in [-0.2, 0) is 11.3 Å². The molecule has 0 aromatic carbocycles. The second-order valence-electron chi connectivity index (χ2n) is 5.22. The zero-order valence-electron chi connectivity index (χ0n) is 11.4. The Labute approximate surface area is 109 Å². The molecule has 2 heterocycles. The molecule has 2 rings (SSSR count). The topological polar surface area (TPSA) is 51.6 Å². The maximum atomic E-state index is 6.06. The number of rotatable bonds is 5. The molecule has 0 bridgehead atoms. The first-order chi connectivity index (χ1) is 8.70. The highest BCUT2D eigenvalue weighted by Crippen LogP contribution is 2.31. The molecule has 1 aliphatic heterocycles. The van der Waals surface area contributed by atoms with E-state index in [9.17, 15) is 0 Å². The Morgan fingerprint density at radius 2 is 2.39 bits per heavy atom. The highest BCUT2D eigenvalue weighted by Gasteiger charge is 2.38. The minimum Gasteiger partial charge on any atom is -0.468 e. The minimum atomic E-state index is 0.0473. The van der Waals surface area contributed by atoms with Crippen LogP contribution in [0.25, 0.3) is 0 Å². The molecule has 1 aromatic rings. The van der Waals surface area contributed by atoms with Gasteiger partial charge in [0, 0.05) is 18.7 Å². The maximum Gasteiger partial charge on any atom is 0.117 e. The Balaban J connectivity index is 2.05. The quantitative estimate of drug-likeness (QED) is 0.871. The molecule has 1 aliphatic rings. The third kappa shape index (κ3) is 2.76. The summed E-state index contributed by atoms with van der Waals surface area (Å²) in [5, 5.41) is 0. The number of nitrogens with two attached hydrogens (primary N) is 1. The van der Waals surface area contributed by atoms with Crippen LogP contribution in [0, 0.1) is 0 Å². The first kappa shape index (κ1) is 13.6. The zero-order valence-corrected chi connectivity index (χ0v) is 11.4. The lowest BCUT2D eigenvalue weighted by Gasteiger charge is -2.46. The molecule has 2 unspecified atom stereocenters. The Hall–Kier alpha value is -0.840. The molecule has 2 N–H and O–H groups in total. The molecular weight excluding hydrogens is 228 g/mol. The van der Waals surface area contributed by atoms with Gasteiger partial charge in [-0.3, -0.25) is 4.90 Å². The minimum absolute atomic E-state index is 0.0473. The average Bonchev–Trinajstić information content (AvgIpc) is 2.91. The van der Waals surface area contributed by atoms with E-state index in [1.54, 1.807) is 6.26 Å². The Bertz CT molecular complexity index is 353. The summed E-state index contributed by atoms with van der Waals surface area (Å²) in [6, 6.07) is 3.94. The van der Waals surface area contributed by atoms with Gasteiger partial charge in [0.05, 0.1) is 18.9 Å². The van der Waals surface area contributed by atoms with Crippen LogP contribution in [-0.4, -0.2) is 36.7 Å². The molecule has 0 saturated carbocycles. The van der Waals surface area contributed by atoms with Gasteiger partial charge in [0.1, 0.15) is 5.76 Å². The number of hydrogen-bond acceptors (Lipinski definition) is 4. The summed E-state index contributed by atoms with van der Waals surface area (Å²) in [7, 11) is 2.13. The molecule has 0 aliphatic carbocycles. The molecule has 1 saturated heterocycles. The van der Waals surface area contributed by atoms with E-state index in [0.717, 1.165) is 38.2 Å². The molecule has 1 aromatic heterocycles. The van der Waals surface area contributed by atoms with Crippen molar-refractivity contribution in [3.63, 3.8) is 0 Å². The van der Waals surface area contributed by atoms with Crippen LogP contribution in [0.15, 0.2) is 22.8 Å². The average molecular weight is 252 g/mol. The Morgan fingerprint density at radius 1 is 1.56 bits per heavy atom. The molecule has 0 amide bonds. The summed E-state index contributed by atoms with van der Waals surface area (Å²) in [6.45, 7) is 4.45. The SMILES string of the molecule is CCC1CC(CN)(N(C)Cc2ccco2)CCO1. The first-order valence-corrected chi connectivity index (χ1v) is 6.75. The molecule has 18 heavy (non-hydrogen) atoms. The van der Waals surface area contributed by atoms with Crippen LogP contribution >= 0.6 is 0 Å². The third-order valence-corrected chi connectivity index (χ3v) is 4.15. The van der Waals surface area contributed by atoms with Crippen molar-refractivity contribution >= 4 is 0 Å². The fourth-order valence-electron chi connectivity index (χ4n) is 2.75. The van der Waals surface area contributed by atoms with Gasteiger partial charge in [0.25, 0.3) is 0 Å². The van der Waals surface area contributed by atoms with Gasteiger partial charge in [-0.1, -0.05) is 6.92 Å². The van der Waals surface area contributed by atoms with E-state index in [4.69, 9.17) is 14.9 Å². The monoisotopic (exact) mass is 252 g/mol. The summed E-state index contributed by atoms with van der Waals surface area (Å²) < 4.78 is 11.2. The van der Waals surface area contributed by atoms with Gasteiger partial charge in [0.2, 0.25) is 0 Å². The number of nitrogens with zero attached hydrogens (tertiary/aromatic N) is 1. The van der Waals surface area contributed by atoms with Crippen molar-refractivity contribution in [2.24, 2.45) is 5.73 Å². The number of hydrogen-bond donors (Lipinski definition) is 1. The van der Waals surface area contributed by atoms with Crippen molar-refractivity contribution in [1.82, 2.24) is 4.90 Å². The second-order valence-corrected chi connectivity index (χ2v) is 5.22. The van der Waals surface area contributed by atoms with Gasteiger partial charge in [-0.05, 0) is 38.4 Å². The van der Waals surface area contributed by atoms with E-state index in [0.29, 0.717) is 12.6 Å². The molecule has 0 radical (unpaired) electrons. The van der Waals surface area contributed by atoms with Crippen LogP contribution in [0.2, 0.25) is 0 Å². The van der Waals surface area contributed by atoms with Gasteiger partial charge < -0.3 is 14.9 Å². The summed E-state index contributed by atoms with van der Waals surface area (Å²) in [4.78, 5) is 2.33. The normalized spacial score (nSPS) is 28.8. The highest BCUT2D eigenvalue weighted by atomic mass is 16.5. The lowest BCUT2D eigenvalue weighted by Crippen LogP contribution is -2.56. The highest BCUT2D eigenvalue weighted by molar-refractivity contribution is 5.02. The fourth-order valence-corrected chi connectivity index (χ4v) is 2.75. The number of likely N-dealkylation sites (N-methyl/N-ethyl adjacent to an activating group) is 1. The zero-order chi connectivity index (χ0) is 13.0. The summed E-state index contributed by atoms with van der Waals surface area (Å²) in [5.74, 6) is 0.991. The summed E-state index contributed by atoms with van der Waals surface area (Å²) >= 11 is 0. The number of ether oxygens (including phenoxy) is 1. The molecule has 4 heteroatoms. The standard InChI is InChI=1S/C14H24N2O2/c1-3-12-9-14(11-15,6-8-18-12)16(2)10-13-5-4-7-17-13/h4-5,7,12H,3,6,8-11,15H2,1-2H3. The van der Waals surface area contributed by atoms with Gasteiger partial charge in [-0.2, -0.15) is 0 Å². The van der Waals surface area contributed by atoms with E-state index < -0.39 is 0 Å². The van der Waals surface area contributed by atoms with Crippen molar-refractivity contribution in [3.8, 4) is 0 Å². The smallest absolute Gasteiger partial charge is 0.117 e. The Morgan fingerprint density at radius 3 is 3.00 bits per heavy atom. The molecule has 2 atom stereocenters. The maximum absolute atomic E-state index is 6.06. The van der Waals surface area contributed by atoms with Crippen molar-refractivity contribution in [2.45, 2.75) is 44.4 Å². The van der Waals surface area contributed by atoms with E-state index in [1.807, 2.05) is 12.1 Å². The van der Waals surface area contributed by atoms with Crippen LogP contribution in [0.3, 0.4) is 0 Å². The van der Waals surface area contributed by atoms with Gasteiger partial charge in [0.15, 0.2) is 0 Å². The van der Waals surface area contributed by atoms with Crippen molar-refractivity contribution in [1.29, 1.82) is 0 Å². The van der Waals surface area contributed by atoms with Crippen molar-refractivity contribution in [2.75, 3.05) is 20.2 Å². The number of furan rings is 1. The van der Waals surface area contributed by atoms with E-state index in [1.165, 1.54) is 0 Å².